The van der Waals surface area contributed by atoms with Crippen molar-refractivity contribution in [2.75, 3.05) is 0 Å². The number of rotatable bonds is 1. The van der Waals surface area contributed by atoms with E-state index in [9.17, 15) is 9.90 Å². The second kappa shape index (κ2) is 3.75. The summed E-state index contributed by atoms with van der Waals surface area (Å²) in [5.41, 5.74) is -0.631. The molecule has 3 fully saturated rings. The zero-order valence-corrected chi connectivity index (χ0v) is 13.0. The molecule has 20 heavy (non-hydrogen) atoms. The van der Waals surface area contributed by atoms with Crippen molar-refractivity contribution in [2.24, 2.45) is 16.7 Å². The largest absolute Gasteiger partial charge is 0.386 e. The van der Waals surface area contributed by atoms with E-state index < -0.39 is 11.2 Å². The van der Waals surface area contributed by atoms with E-state index in [4.69, 9.17) is 4.74 Å². The summed E-state index contributed by atoms with van der Waals surface area (Å²) in [6, 6.07) is 0. The number of aliphatic hydroxyl groups is 1. The van der Waals surface area contributed by atoms with Gasteiger partial charge in [0.1, 0.15) is 18.0 Å². The van der Waals surface area contributed by atoms with Crippen molar-refractivity contribution < 1.29 is 14.6 Å². The molecule has 1 N–H and O–H groups in total. The van der Waals surface area contributed by atoms with Crippen LogP contribution in [-0.4, -0.2) is 28.7 Å². The predicted octanol–water partition coefficient (Wildman–Crippen LogP) is 2.87. The molecule has 0 aromatic rings. The maximum atomic E-state index is 11.3. The quantitative estimate of drug-likeness (QED) is 0.456. The van der Waals surface area contributed by atoms with Crippen LogP contribution >= 0.6 is 0 Å². The zero-order chi connectivity index (χ0) is 15.0. The zero-order valence-electron chi connectivity index (χ0n) is 13.0. The maximum absolute atomic E-state index is 11.3. The van der Waals surface area contributed by atoms with Crippen LogP contribution in [0.15, 0.2) is 12.2 Å². The third kappa shape index (κ3) is 1.41. The fraction of sp³-hybridized carbons (Fsp3) is 0.824. The smallest absolute Gasteiger partial charge is 0.127 e. The van der Waals surface area contributed by atoms with E-state index >= 15 is 0 Å². The molecule has 0 bridgehead atoms. The summed E-state index contributed by atoms with van der Waals surface area (Å²) >= 11 is 0. The summed E-state index contributed by atoms with van der Waals surface area (Å²) in [5.74, 6) is -0.115. The number of ether oxygens (including phenoxy) is 1. The third-order valence-corrected chi connectivity index (χ3v) is 6.40. The molecule has 1 aliphatic heterocycles. The normalized spacial score (nSPS) is 51.1. The van der Waals surface area contributed by atoms with Crippen LogP contribution in [0.2, 0.25) is 0 Å². The minimum Gasteiger partial charge on any atom is -0.386 e. The van der Waals surface area contributed by atoms with Crippen LogP contribution in [0, 0.1) is 16.7 Å². The number of hydrogen-bond acceptors (Lipinski definition) is 3. The molecule has 2 aliphatic carbocycles. The lowest BCUT2D eigenvalue weighted by molar-refractivity contribution is -0.115. The third-order valence-electron chi connectivity index (χ3n) is 6.40. The molecule has 3 aliphatic rings. The van der Waals surface area contributed by atoms with Crippen molar-refractivity contribution in [1.29, 1.82) is 0 Å². The Kier molecular flexibility index (Phi) is 2.67. The van der Waals surface area contributed by atoms with Gasteiger partial charge in [-0.15, -0.1) is 0 Å². The van der Waals surface area contributed by atoms with Gasteiger partial charge in [-0.05, 0) is 36.7 Å². The van der Waals surface area contributed by atoms with Crippen molar-refractivity contribution in [1.82, 2.24) is 0 Å². The number of carbonyl (C=O) groups excluding carboxylic acids is 1. The van der Waals surface area contributed by atoms with E-state index in [0.29, 0.717) is 0 Å². The number of hydrogen-bond donors (Lipinski definition) is 1. The SMILES string of the molecule is C=C1[C@H](C=O)CC[C@]2(C)CC[C@](O)(C(C)(C)C)[C@H]3O[C@]132. The van der Waals surface area contributed by atoms with Crippen LogP contribution in [-0.2, 0) is 9.53 Å². The Balaban J connectivity index is 2.03. The monoisotopic (exact) mass is 278 g/mol. The fourth-order valence-electron chi connectivity index (χ4n) is 4.61. The summed E-state index contributed by atoms with van der Waals surface area (Å²) in [4.78, 5) is 11.3. The lowest BCUT2D eigenvalue weighted by atomic mass is 9.51. The highest BCUT2D eigenvalue weighted by Gasteiger charge is 2.79. The number of carbonyl (C=O) groups is 1. The van der Waals surface area contributed by atoms with Gasteiger partial charge < -0.3 is 14.6 Å². The van der Waals surface area contributed by atoms with Gasteiger partial charge >= 0.3 is 0 Å². The maximum Gasteiger partial charge on any atom is 0.127 e. The topological polar surface area (TPSA) is 49.8 Å². The van der Waals surface area contributed by atoms with Crippen LogP contribution in [0.3, 0.4) is 0 Å². The Labute approximate surface area is 121 Å². The predicted molar refractivity (Wildman–Crippen MR) is 77.3 cm³/mol. The molecule has 2 saturated carbocycles. The van der Waals surface area contributed by atoms with Gasteiger partial charge in [0.15, 0.2) is 0 Å². The van der Waals surface area contributed by atoms with Crippen LogP contribution in [0.5, 0.6) is 0 Å². The molecule has 0 unspecified atom stereocenters. The molecule has 3 rings (SSSR count). The molecule has 0 aromatic heterocycles. The van der Waals surface area contributed by atoms with E-state index in [1.165, 1.54) is 0 Å². The first-order valence-electron chi connectivity index (χ1n) is 7.67. The average molecular weight is 278 g/mol. The standard InChI is InChI=1S/C17H26O3/c1-11-12(10-18)6-7-15(5)8-9-16(19,14(2,3)4)13-17(11,15)20-13/h10,12-13,19H,1,6-9H2,2-5H3/t12-,13+,15+,16+,17+/m0/s1. The van der Waals surface area contributed by atoms with Crippen molar-refractivity contribution in [2.45, 2.75) is 70.7 Å². The Bertz CT molecular complexity index is 477. The molecule has 1 saturated heterocycles. The van der Waals surface area contributed by atoms with E-state index in [-0.39, 0.29) is 22.9 Å². The van der Waals surface area contributed by atoms with Crippen LogP contribution in [0.4, 0.5) is 0 Å². The van der Waals surface area contributed by atoms with E-state index in [2.05, 4.69) is 34.3 Å². The van der Waals surface area contributed by atoms with Crippen molar-refractivity contribution in [3.8, 4) is 0 Å². The fourth-order valence-corrected chi connectivity index (χ4v) is 4.61. The average Bonchev–Trinajstić information content (AvgIpc) is 3.11. The second-order valence-corrected chi connectivity index (χ2v) is 8.27. The summed E-state index contributed by atoms with van der Waals surface area (Å²) in [5, 5.41) is 11.2. The van der Waals surface area contributed by atoms with E-state index in [0.717, 1.165) is 37.5 Å². The van der Waals surface area contributed by atoms with Crippen molar-refractivity contribution >= 4 is 6.29 Å². The van der Waals surface area contributed by atoms with Crippen molar-refractivity contribution in [3.63, 3.8) is 0 Å². The first-order valence-corrected chi connectivity index (χ1v) is 7.67. The molecule has 0 amide bonds. The minimum absolute atomic E-state index is 0.0196. The number of aldehydes is 1. The molecule has 5 atom stereocenters. The molecule has 0 radical (unpaired) electrons. The highest BCUT2D eigenvalue weighted by atomic mass is 16.6. The second-order valence-electron chi connectivity index (χ2n) is 8.27. The van der Waals surface area contributed by atoms with Gasteiger partial charge in [-0.3, -0.25) is 0 Å². The van der Waals surface area contributed by atoms with Gasteiger partial charge in [0.05, 0.1) is 5.60 Å². The van der Waals surface area contributed by atoms with Gasteiger partial charge in [0, 0.05) is 11.3 Å². The highest BCUT2D eigenvalue weighted by Crippen LogP contribution is 2.71. The van der Waals surface area contributed by atoms with Crippen molar-refractivity contribution in [3.05, 3.63) is 12.2 Å². The molecule has 112 valence electrons. The summed E-state index contributed by atoms with van der Waals surface area (Å²) in [6.07, 6.45) is 4.33. The minimum atomic E-state index is -0.833. The number of epoxide rings is 1. The first-order chi connectivity index (χ1) is 9.12. The molecule has 0 aromatic carbocycles. The van der Waals surface area contributed by atoms with Gasteiger partial charge in [-0.25, -0.2) is 0 Å². The summed E-state index contributed by atoms with van der Waals surface area (Å²) < 4.78 is 6.15. The highest BCUT2D eigenvalue weighted by molar-refractivity contribution is 5.62. The molecule has 3 heteroatoms. The molecule has 3 nitrogen and oxygen atoms in total. The molecule has 1 spiro atoms. The van der Waals surface area contributed by atoms with Gasteiger partial charge in [0.25, 0.3) is 0 Å². The Morgan fingerprint density at radius 2 is 2.00 bits per heavy atom. The van der Waals surface area contributed by atoms with Crippen LogP contribution in [0.25, 0.3) is 0 Å². The van der Waals surface area contributed by atoms with Gasteiger partial charge in [-0.2, -0.15) is 0 Å². The lowest BCUT2D eigenvalue weighted by Gasteiger charge is -2.52. The Hall–Kier alpha value is -0.670. The molecular formula is C17H26O3. The van der Waals surface area contributed by atoms with E-state index in [1.54, 1.807) is 0 Å². The first kappa shape index (κ1) is 14.3. The Morgan fingerprint density at radius 3 is 2.55 bits per heavy atom. The molecular weight excluding hydrogens is 252 g/mol. The van der Waals surface area contributed by atoms with Gasteiger partial charge in [-0.1, -0.05) is 34.3 Å². The van der Waals surface area contributed by atoms with Crippen LogP contribution in [0.1, 0.15) is 53.4 Å². The summed E-state index contributed by atoms with van der Waals surface area (Å²) in [7, 11) is 0. The van der Waals surface area contributed by atoms with Gasteiger partial charge in [0.2, 0.25) is 0 Å². The Morgan fingerprint density at radius 1 is 1.35 bits per heavy atom. The van der Waals surface area contributed by atoms with E-state index in [1.807, 2.05) is 0 Å². The summed E-state index contributed by atoms with van der Waals surface area (Å²) in [6.45, 7) is 12.6. The van der Waals surface area contributed by atoms with Crippen LogP contribution < -0.4 is 0 Å². The molecule has 1 heterocycles. The lowest BCUT2D eigenvalue weighted by Crippen LogP contribution is -2.59.